The number of nitrogens with zero attached hydrogens (tertiary/aromatic N) is 5. The number of azo groups is 1. The van der Waals surface area contributed by atoms with Crippen molar-refractivity contribution >= 4 is 75.3 Å². The first kappa shape index (κ1) is 42.6. The molecule has 322 valence electrons. The first-order chi connectivity index (χ1) is 29.1. The highest BCUT2D eigenvalue weighted by molar-refractivity contribution is 6.58. The molecule has 11 nitrogen and oxygen atoms in total. The molecule has 0 aromatic heterocycles. The van der Waals surface area contributed by atoms with E-state index in [1.54, 1.807) is 12.1 Å². The first-order valence-electron chi connectivity index (χ1n) is 18.3. The number of amides is 4. The molecule has 4 aliphatic rings. The first-order valence-corrected chi connectivity index (χ1v) is 19.1. The Morgan fingerprint density at radius 1 is 0.758 bits per heavy atom. The Morgan fingerprint density at radius 3 is 1.89 bits per heavy atom. The minimum atomic E-state index is -5.31. The maximum atomic E-state index is 15.3. The highest BCUT2D eigenvalue weighted by atomic mass is 35.5. The molecule has 6 unspecified atom stereocenters. The average molecular weight is 909 g/mol. The number of fused-ring (bicyclic) bond motifs is 4. The summed E-state index contributed by atoms with van der Waals surface area (Å²) in [5.41, 5.74) is -0.969. The van der Waals surface area contributed by atoms with Crippen LogP contribution >= 0.6 is 23.2 Å². The number of imide groups is 2. The molecular formula is C41H27Cl2F8N5O6. The van der Waals surface area contributed by atoms with Crippen molar-refractivity contribution < 1.29 is 64.1 Å². The van der Waals surface area contributed by atoms with E-state index in [1.807, 2.05) is 31.1 Å². The lowest BCUT2D eigenvalue weighted by Crippen LogP contribution is -2.60. The van der Waals surface area contributed by atoms with Crippen molar-refractivity contribution in [1.82, 2.24) is 0 Å². The summed E-state index contributed by atoms with van der Waals surface area (Å²) in [5.74, 6) is -26.3. The van der Waals surface area contributed by atoms with E-state index in [1.165, 1.54) is 30.3 Å². The molecule has 8 rings (SSSR count). The molecule has 4 amide bonds. The van der Waals surface area contributed by atoms with E-state index in [4.69, 9.17) is 23.2 Å². The van der Waals surface area contributed by atoms with Gasteiger partial charge in [0.2, 0.25) is 17.6 Å². The number of phenols is 1. The van der Waals surface area contributed by atoms with Crippen molar-refractivity contribution in [3.63, 3.8) is 0 Å². The van der Waals surface area contributed by atoms with Gasteiger partial charge in [-0.3, -0.25) is 24.1 Å². The van der Waals surface area contributed by atoms with Crippen molar-refractivity contribution in [3.05, 3.63) is 113 Å². The van der Waals surface area contributed by atoms with E-state index >= 15 is 8.78 Å². The van der Waals surface area contributed by atoms with Gasteiger partial charge in [0, 0.05) is 31.3 Å². The SMILES string of the molecule is CN(C)c1ccc(N=Nc2ccc(N3C(=O)C4CC=C5C(CC6(Cl)C(=O)N(c7c(F)c(F)c(F)c(F)c7F)C(=O)C6(Cl)C5c5cc(OC(F)(F)F)ccc5O)C4C3=O)cc2)cc1. The Labute approximate surface area is 354 Å². The molecule has 1 N–H and O–H groups in total. The topological polar surface area (TPSA) is 132 Å². The van der Waals surface area contributed by atoms with Gasteiger partial charge in [-0.2, -0.15) is 10.2 Å². The zero-order valence-electron chi connectivity index (χ0n) is 31.7. The predicted octanol–water partition coefficient (Wildman–Crippen LogP) is 9.24. The fraction of sp³-hybridized carbons (Fsp3) is 0.268. The van der Waals surface area contributed by atoms with Crippen LogP contribution in [0, 0.1) is 46.8 Å². The number of allylic oxidation sites excluding steroid dienone is 2. The van der Waals surface area contributed by atoms with Crippen LogP contribution in [0.5, 0.6) is 11.5 Å². The lowest BCUT2D eigenvalue weighted by molar-refractivity contribution is -0.274. The van der Waals surface area contributed by atoms with Gasteiger partial charge in [-0.25, -0.2) is 26.9 Å². The molecule has 21 heteroatoms. The van der Waals surface area contributed by atoms with Crippen molar-refractivity contribution in [2.75, 3.05) is 28.8 Å². The lowest BCUT2D eigenvalue weighted by atomic mass is 9.56. The Balaban J connectivity index is 1.21. The van der Waals surface area contributed by atoms with Crippen LogP contribution in [0.25, 0.3) is 0 Å². The standard InChI is InChI=1S/C41H27Cl2F8N5O6/c1-54(2)19-7-3-17(4-8-19)52-53-18-5-9-20(10-6-18)55-35(58)23-13-12-22-25(27(23)36(55)59)16-39(42)37(60)56(34-32(47)30(45)29(44)31(46)33(34)48)38(61)40(39,43)28(22)24-15-21(11-14-26(24)57)62-41(49,50)51/h3-12,14-15,23,25,27-28,57H,13,16H2,1-2H3. The van der Waals surface area contributed by atoms with E-state index in [2.05, 4.69) is 15.0 Å². The number of halogens is 10. The number of ether oxygens (including phenoxy) is 1. The van der Waals surface area contributed by atoms with Crippen LogP contribution < -0.4 is 19.4 Å². The highest BCUT2D eigenvalue weighted by Gasteiger charge is 2.77. The summed E-state index contributed by atoms with van der Waals surface area (Å²) >= 11 is 14.1. The summed E-state index contributed by atoms with van der Waals surface area (Å²) < 4.78 is 118. The molecule has 2 saturated heterocycles. The van der Waals surface area contributed by atoms with Crippen LogP contribution in [-0.2, 0) is 19.2 Å². The van der Waals surface area contributed by atoms with E-state index < -0.39 is 127 Å². The third-order valence-corrected chi connectivity index (χ3v) is 12.9. The predicted molar refractivity (Wildman–Crippen MR) is 205 cm³/mol. The van der Waals surface area contributed by atoms with Crippen LogP contribution in [0.3, 0.4) is 0 Å². The van der Waals surface area contributed by atoms with E-state index in [-0.39, 0.29) is 17.7 Å². The van der Waals surface area contributed by atoms with Crippen LogP contribution in [0.2, 0.25) is 0 Å². The number of carbonyl (C=O) groups excluding carboxylic acids is 4. The second-order valence-corrected chi connectivity index (χ2v) is 16.3. The van der Waals surface area contributed by atoms with Crippen molar-refractivity contribution in [2.24, 2.45) is 28.0 Å². The molecule has 0 spiro atoms. The Bertz CT molecular complexity index is 2640. The Kier molecular flexibility index (Phi) is 10.2. The lowest BCUT2D eigenvalue weighted by Gasteiger charge is -2.50. The van der Waals surface area contributed by atoms with Gasteiger partial charge in [0.05, 0.1) is 28.9 Å². The molecule has 2 aliphatic carbocycles. The fourth-order valence-electron chi connectivity index (χ4n) is 8.73. The molecule has 0 bridgehead atoms. The van der Waals surface area contributed by atoms with Gasteiger partial charge in [-0.1, -0.05) is 11.6 Å². The number of anilines is 3. The highest BCUT2D eigenvalue weighted by Crippen LogP contribution is 2.67. The quantitative estimate of drug-likeness (QED) is 0.0372. The third kappa shape index (κ3) is 6.37. The number of benzene rings is 4. The summed E-state index contributed by atoms with van der Waals surface area (Å²) in [4.78, 5) is 53.6. The molecule has 6 atom stereocenters. The van der Waals surface area contributed by atoms with E-state index in [0.29, 0.717) is 29.6 Å². The van der Waals surface area contributed by atoms with Gasteiger partial charge in [-0.05, 0) is 85.5 Å². The minimum Gasteiger partial charge on any atom is -0.508 e. The average Bonchev–Trinajstić information content (AvgIpc) is 3.56. The fourth-order valence-corrected chi connectivity index (χ4v) is 9.66. The molecule has 0 radical (unpaired) electrons. The van der Waals surface area contributed by atoms with Gasteiger partial charge < -0.3 is 14.7 Å². The summed E-state index contributed by atoms with van der Waals surface area (Å²) in [7, 11) is 3.75. The minimum absolute atomic E-state index is 0.0733. The second-order valence-electron chi connectivity index (χ2n) is 15.1. The molecule has 62 heavy (non-hydrogen) atoms. The zero-order valence-corrected chi connectivity index (χ0v) is 33.2. The molecule has 2 heterocycles. The number of aromatic hydroxyl groups is 1. The Morgan fingerprint density at radius 2 is 1.32 bits per heavy atom. The molecule has 4 aromatic rings. The second kappa shape index (κ2) is 14.8. The van der Waals surface area contributed by atoms with Gasteiger partial charge in [0.25, 0.3) is 11.8 Å². The van der Waals surface area contributed by atoms with Gasteiger partial charge >= 0.3 is 6.36 Å². The molecule has 4 aromatic carbocycles. The maximum absolute atomic E-state index is 15.3. The summed E-state index contributed by atoms with van der Waals surface area (Å²) in [6.45, 7) is 0. The number of hydrogen-bond acceptors (Lipinski definition) is 9. The zero-order chi connectivity index (χ0) is 45.0. The largest absolute Gasteiger partial charge is 0.573 e. The van der Waals surface area contributed by atoms with Crippen molar-refractivity contribution in [1.29, 1.82) is 0 Å². The van der Waals surface area contributed by atoms with Crippen molar-refractivity contribution in [3.8, 4) is 11.5 Å². The van der Waals surface area contributed by atoms with Gasteiger partial charge in [-0.15, -0.1) is 36.4 Å². The van der Waals surface area contributed by atoms with Crippen LogP contribution in [0.4, 0.5) is 63.6 Å². The number of alkyl halides is 5. The molecule has 1 saturated carbocycles. The smallest absolute Gasteiger partial charge is 0.508 e. The van der Waals surface area contributed by atoms with Crippen LogP contribution in [0.1, 0.15) is 24.3 Å². The number of carbonyl (C=O) groups is 4. The summed E-state index contributed by atoms with van der Waals surface area (Å²) in [5, 5.41) is 19.5. The van der Waals surface area contributed by atoms with E-state index in [0.717, 1.165) is 10.6 Å². The van der Waals surface area contributed by atoms with E-state index in [9.17, 15) is 50.6 Å². The third-order valence-electron chi connectivity index (χ3n) is 11.5. The number of phenolic OH excluding ortho intramolecular Hbond substituents is 1. The van der Waals surface area contributed by atoms with Crippen LogP contribution in [-0.4, -0.2) is 58.9 Å². The maximum Gasteiger partial charge on any atom is 0.573 e. The summed E-state index contributed by atoms with van der Waals surface area (Å²) in [6.07, 6.45) is -5.16. The normalized spacial score (nSPS) is 25.9. The van der Waals surface area contributed by atoms with Crippen molar-refractivity contribution in [2.45, 2.75) is 34.9 Å². The number of hydrogen-bond donors (Lipinski definition) is 1. The summed E-state index contributed by atoms with van der Waals surface area (Å²) in [6, 6.07) is 14.9. The number of rotatable bonds is 7. The van der Waals surface area contributed by atoms with Gasteiger partial charge in [0.1, 0.15) is 17.2 Å². The molecule has 2 aliphatic heterocycles. The molecular weight excluding hydrogens is 881 g/mol. The Hall–Kier alpha value is -6.08. The molecule has 3 fully saturated rings. The van der Waals surface area contributed by atoms with Gasteiger partial charge in [0.15, 0.2) is 33.0 Å². The monoisotopic (exact) mass is 907 g/mol. The van der Waals surface area contributed by atoms with Crippen LogP contribution in [0.15, 0.2) is 88.6 Å².